The molecule has 0 saturated carbocycles. The van der Waals surface area contributed by atoms with E-state index in [-0.39, 0.29) is 6.04 Å². The monoisotopic (exact) mass is 329 g/mol. The molecule has 0 aliphatic carbocycles. The third-order valence-corrected chi connectivity index (χ3v) is 4.35. The number of ether oxygens (including phenoxy) is 1. The fourth-order valence-corrected chi connectivity index (χ4v) is 3.38. The highest BCUT2D eigenvalue weighted by molar-refractivity contribution is 7.05. The van der Waals surface area contributed by atoms with E-state index in [1.165, 1.54) is 11.5 Å². The van der Waals surface area contributed by atoms with Crippen molar-refractivity contribution >= 4 is 23.1 Å². The van der Waals surface area contributed by atoms with Gasteiger partial charge >= 0.3 is 0 Å². The minimum Gasteiger partial charge on any atom is -0.383 e. The van der Waals surface area contributed by atoms with Crippen molar-refractivity contribution in [3.05, 3.63) is 27.5 Å². The molecule has 6 nitrogen and oxygen atoms in total. The Kier molecular flexibility index (Phi) is 5.69. The number of hydrogen-bond donors (Lipinski definition) is 1. The van der Waals surface area contributed by atoms with E-state index in [2.05, 4.69) is 33.8 Å². The molecule has 0 aromatic carbocycles. The van der Waals surface area contributed by atoms with E-state index in [9.17, 15) is 0 Å². The van der Waals surface area contributed by atoms with Crippen molar-refractivity contribution in [3.63, 3.8) is 0 Å². The number of hydrogen-bond acceptors (Lipinski definition) is 6. The minimum atomic E-state index is -0.0748. The van der Waals surface area contributed by atoms with Gasteiger partial charge in [-0.3, -0.25) is 4.68 Å². The van der Waals surface area contributed by atoms with Crippen molar-refractivity contribution in [1.29, 1.82) is 0 Å². The highest BCUT2D eigenvalue weighted by atomic mass is 35.5. The van der Waals surface area contributed by atoms with Gasteiger partial charge in [-0.15, -0.1) is 5.10 Å². The molecule has 8 heteroatoms. The number of rotatable bonds is 7. The summed E-state index contributed by atoms with van der Waals surface area (Å²) in [6, 6.07) is -0.0748. The van der Waals surface area contributed by atoms with Crippen molar-refractivity contribution in [1.82, 2.24) is 24.7 Å². The molecule has 0 aliphatic rings. The van der Waals surface area contributed by atoms with E-state index in [0.29, 0.717) is 24.1 Å². The quantitative estimate of drug-likeness (QED) is 0.845. The Bertz CT molecular complexity index is 583. The Morgan fingerprint density at radius 3 is 2.86 bits per heavy atom. The lowest BCUT2D eigenvalue weighted by Crippen LogP contribution is -2.23. The Morgan fingerprint density at radius 2 is 2.24 bits per heavy atom. The fraction of sp³-hybridized carbons (Fsp3) is 0.615. The number of aromatic nitrogens is 4. The second-order valence-electron chi connectivity index (χ2n) is 4.99. The van der Waals surface area contributed by atoms with E-state index in [4.69, 9.17) is 16.3 Å². The van der Waals surface area contributed by atoms with Gasteiger partial charge in [0.05, 0.1) is 46.7 Å². The summed E-state index contributed by atoms with van der Waals surface area (Å²) in [6.07, 6.45) is 1.67. The van der Waals surface area contributed by atoms with Crippen LogP contribution in [0.15, 0.2) is 6.20 Å². The van der Waals surface area contributed by atoms with Gasteiger partial charge in [0.1, 0.15) is 0 Å². The molecule has 21 heavy (non-hydrogen) atoms. The first-order chi connectivity index (χ1) is 10.1. The molecule has 0 fully saturated rings. The van der Waals surface area contributed by atoms with Gasteiger partial charge in [0, 0.05) is 7.11 Å². The summed E-state index contributed by atoms with van der Waals surface area (Å²) >= 11 is 7.74. The molecule has 0 spiro atoms. The molecule has 1 N–H and O–H groups in total. The van der Waals surface area contributed by atoms with Gasteiger partial charge in [-0.2, -0.15) is 5.10 Å². The smallest absolute Gasteiger partial charge is 0.0890 e. The first kappa shape index (κ1) is 16.4. The highest BCUT2D eigenvalue weighted by Gasteiger charge is 2.26. The Balaban J connectivity index is 2.41. The van der Waals surface area contributed by atoms with Gasteiger partial charge in [-0.25, -0.2) is 0 Å². The molecule has 2 rings (SSSR count). The molecule has 116 valence electrons. The van der Waals surface area contributed by atoms with Crippen LogP contribution in [-0.4, -0.2) is 40.1 Å². The molecule has 2 aromatic heterocycles. The van der Waals surface area contributed by atoms with Crippen LogP contribution in [-0.2, 0) is 11.3 Å². The molecule has 1 unspecified atom stereocenters. The van der Waals surface area contributed by atoms with Crippen LogP contribution in [0.5, 0.6) is 0 Å². The molecule has 0 radical (unpaired) electrons. The van der Waals surface area contributed by atoms with Gasteiger partial charge < -0.3 is 10.1 Å². The normalized spacial score (nSPS) is 13.0. The zero-order valence-corrected chi connectivity index (χ0v) is 14.2. The van der Waals surface area contributed by atoms with E-state index >= 15 is 0 Å². The minimum absolute atomic E-state index is 0.0748. The maximum absolute atomic E-state index is 6.35. The van der Waals surface area contributed by atoms with Gasteiger partial charge in [-0.1, -0.05) is 29.9 Å². The summed E-state index contributed by atoms with van der Waals surface area (Å²) < 4.78 is 11.1. The lowest BCUT2D eigenvalue weighted by atomic mass is 10.0. The maximum Gasteiger partial charge on any atom is 0.0890 e. The summed E-state index contributed by atoms with van der Waals surface area (Å²) in [5.74, 6) is 0.309. The zero-order valence-electron chi connectivity index (χ0n) is 12.6. The van der Waals surface area contributed by atoms with E-state index in [0.717, 1.165) is 16.3 Å². The molecule has 0 amide bonds. The number of nitrogens with one attached hydrogen (secondary N) is 1. The Hall–Kier alpha value is -1.02. The molecule has 0 saturated heterocycles. The zero-order chi connectivity index (χ0) is 15.4. The van der Waals surface area contributed by atoms with Crippen LogP contribution in [0.2, 0.25) is 5.02 Å². The first-order valence-electron chi connectivity index (χ1n) is 6.79. The summed E-state index contributed by atoms with van der Waals surface area (Å²) in [4.78, 5) is 1.08. The summed E-state index contributed by atoms with van der Waals surface area (Å²) in [7, 11) is 3.57. The average molecular weight is 330 g/mol. The first-order valence-corrected chi connectivity index (χ1v) is 7.94. The lowest BCUT2D eigenvalue weighted by molar-refractivity contribution is 0.182. The van der Waals surface area contributed by atoms with Crippen molar-refractivity contribution in [3.8, 4) is 0 Å². The summed E-state index contributed by atoms with van der Waals surface area (Å²) in [5.41, 5.74) is 1.92. The van der Waals surface area contributed by atoms with Crippen LogP contribution in [0.25, 0.3) is 0 Å². The van der Waals surface area contributed by atoms with Crippen molar-refractivity contribution in [2.45, 2.75) is 32.4 Å². The molecule has 0 aliphatic heterocycles. The second-order valence-corrected chi connectivity index (χ2v) is 6.19. The van der Waals surface area contributed by atoms with Crippen LogP contribution in [0.1, 0.15) is 42.1 Å². The predicted molar refractivity (Wildman–Crippen MR) is 84.0 cm³/mol. The van der Waals surface area contributed by atoms with Crippen LogP contribution in [0.4, 0.5) is 0 Å². The van der Waals surface area contributed by atoms with Crippen LogP contribution < -0.4 is 5.32 Å². The van der Waals surface area contributed by atoms with Gasteiger partial charge in [0.25, 0.3) is 0 Å². The highest BCUT2D eigenvalue weighted by Crippen LogP contribution is 2.33. The van der Waals surface area contributed by atoms with Crippen molar-refractivity contribution < 1.29 is 4.74 Å². The fourth-order valence-electron chi connectivity index (χ4n) is 2.21. The van der Waals surface area contributed by atoms with Crippen LogP contribution >= 0.6 is 23.1 Å². The largest absolute Gasteiger partial charge is 0.383 e. The topological polar surface area (TPSA) is 64.9 Å². The summed E-state index contributed by atoms with van der Waals surface area (Å²) in [5, 5.41) is 12.5. The number of methoxy groups -OCH3 is 1. The molecule has 2 heterocycles. The molecular formula is C13H20ClN5OS. The summed E-state index contributed by atoms with van der Waals surface area (Å²) in [6.45, 7) is 5.45. The van der Waals surface area contributed by atoms with Crippen molar-refractivity contribution in [2.75, 3.05) is 20.8 Å². The maximum atomic E-state index is 6.35. The average Bonchev–Trinajstić information content (AvgIpc) is 3.07. The molecule has 2 aromatic rings. The van der Waals surface area contributed by atoms with Crippen LogP contribution in [0.3, 0.4) is 0 Å². The lowest BCUT2D eigenvalue weighted by Gasteiger charge is -2.18. The van der Waals surface area contributed by atoms with Gasteiger partial charge in [0.15, 0.2) is 0 Å². The number of nitrogens with zero attached hydrogens (tertiary/aromatic N) is 4. The van der Waals surface area contributed by atoms with E-state index in [1.54, 1.807) is 13.3 Å². The van der Waals surface area contributed by atoms with Gasteiger partial charge in [-0.05, 0) is 24.5 Å². The predicted octanol–water partition coefficient (Wildman–Crippen LogP) is 2.47. The molecule has 1 atom stereocenters. The molecular weight excluding hydrogens is 310 g/mol. The Morgan fingerprint density at radius 1 is 1.48 bits per heavy atom. The molecule has 0 bridgehead atoms. The third kappa shape index (κ3) is 3.42. The number of halogens is 1. The SMILES string of the molecule is CNC(c1snnc1C(C)C)c1c(Cl)cnn1CCOC. The second kappa shape index (κ2) is 7.31. The van der Waals surface area contributed by atoms with E-state index < -0.39 is 0 Å². The van der Waals surface area contributed by atoms with E-state index in [1.807, 2.05) is 11.7 Å². The van der Waals surface area contributed by atoms with Crippen molar-refractivity contribution in [2.24, 2.45) is 0 Å². The third-order valence-electron chi connectivity index (χ3n) is 3.25. The van der Waals surface area contributed by atoms with Crippen LogP contribution in [0, 0.1) is 0 Å². The van der Waals surface area contributed by atoms with Gasteiger partial charge in [0.2, 0.25) is 0 Å². The Labute approximate surface area is 133 Å². The standard InChI is InChI=1S/C13H20ClN5OS/c1-8(2)10-13(21-18-17-10)11(15-3)12-9(14)7-16-19(12)5-6-20-4/h7-8,11,15H,5-6H2,1-4H3.